The van der Waals surface area contributed by atoms with E-state index in [1.807, 2.05) is 6.55 Å². The second-order valence-corrected chi connectivity index (χ2v) is 5.39. The standard InChI is InChI=1S/C4H7ClSi/c1-3-4-6(2)5/h1,6H,4H2,2H3. The van der Waals surface area contributed by atoms with Crippen molar-refractivity contribution in [3.8, 4) is 12.3 Å². The molecule has 0 fully saturated rings. The topological polar surface area (TPSA) is 0 Å². The van der Waals surface area contributed by atoms with E-state index in [9.17, 15) is 0 Å². The summed E-state index contributed by atoms with van der Waals surface area (Å²) in [7, 11) is -0.934. The van der Waals surface area contributed by atoms with Crippen molar-refractivity contribution in [1.29, 1.82) is 0 Å². The van der Waals surface area contributed by atoms with Crippen molar-refractivity contribution in [2.75, 3.05) is 0 Å². The van der Waals surface area contributed by atoms with E-state index in [2.05, 4.69) is 5.92 Å². The lowest BCUT2D eigenvalue weighted by Gasteiger charge is -1.84. The minimum atomic E-state index is -0.934. The van der Waals surface area contributed by atoms with Gasteiger partial charge >= 0.3 is 0 Å². The number of hydrogen-bond donors (Lipinski definition) is 0. The highest BCUT2D eigenvalue weighted by atomic mass is 35.6. The van der Waals surface area contributed by atoms with Gasteiger partial charge in [0.05, 0.1) is 0 Å². The van der Waals surface area contributed by atoms with Crippen LogP contribution < -0.4 is 0 Å². The van der Waals surface area contributed by atoms with Gasteiger partial charge in [-0.2, -0.15) is 11.1 Å². The molecule has 0 spiro atoms. The molecule has 1 atom stereocenters. The van der Waals surface area contributed by atoms with Crippen LogP contribution in [0.3, 0.4) is 0 Å². The molecule has 0 aliphatic carbocycles. The summed E-state index contributed by atoms with van der Waals surface area (Å²) >= 11 is 5.57. The first-order chi connectivity index (χ1) is 2.77. The molecule has 0 nitrogen and oxygen atoms in total. The van der Waals surface area contributed by atoms with Crippen molar-refractivity contribution in [2.24, 2.45) is 0 Å². The Morgan fingerprint density at radius 2 is 2.50 bits per heavy atom. The molecule has 2 heteroatoms. The third-order valence-electron chi connectivity index (χ3n) is 0.399. The van der Waals surface area contributed by atoms with Crippen molar-refractivity contribution >= 4 is 19.2 Å². The summed E-state index contributed by atoms with van der Waals surface area (Å²) < 4.78 is 0. The van der Waals surface area contributed by atoms with Crippen molar-refractivity contribution in [2.45, 2.75) is 12.6 Å². The second kappa shape index (κ2) is 3.26. The average molecular weight is 119 g/mol. The third-order valence-corrected chi connectivity index (χ3v) is 1.66. The highest BCUT2D eigenvalue weighted by molar-refractivity contribution is 7.06. The number of terminal acetylenes is 1. The van der Waals surface area contributed by atoms with Crippen molar-refractivity contribution in [3.63, 3.8) is 0 Å². The van der Waals surface area contributed by atoms with E-state index in [1.165, 1.54) is 0 Å². The van der Waals surface area contributed by atoms with E-state index in [0.29, 0.717) is 0 Å². The van der Waals surface area contributed by atoms with Crippen molar-refractivity contribution < 1.29 is 0 Å². The molecule has 0 aromatic heterocycles. The van der Waals surface area contributed by atoms with Gasteiger partial charge in [0.2, 0.25) is 0 Å². The minimum Gasteiger partial charge on any atom is -0.171 e. The molecule has 1 unspecified atom stereocenters. The average Bonchev–Trinajstić information content (AvgIpc) is 1.35. The quantitative estimate of drug-likeness (QED) is 0.276. The van der Waals surface area contributed by atoms with Crippen LogP contribution in [0.4, 0.5) is 0 Å². The van der Waals surface area contributed by atoms with Gasteiger partial charge < -0.3 is 0 Å². The molecule has 0 rings (SSSR count). The van der Waals surface area contributed by atoms with Gasteiger partial charge in [-0.25, -0.2) is 0 Å². The first-order valence-electron chi connectivity index (χ1n) is 1.85. The molecule has 0 saturated carbocycles. The van der Waals surface area contributed by atoms with Crippen LogP contribution in [0.2, 0.25) is 12.6 Å². The van der Waals surface area contributed by atoms with Crippen LogP contribution in [-0.4, -0.2) is 8.11 Å². The smallest absolute Gasteiger partial charge is 0.149 e. The highest BCUT2D eigenvalue weighted by Gasteiger charge is 1.90. The molecule has 0 aromatic carbocycles. The van der Waals surface area contributed by atoms with Crippen molar-refractivity contribution in [1.82, 2.24) is 0 Å². The maximum absolute atomic E-state index is 5.57. The van der Waals surface area contributed by atoms with Crippen LogP contribution in [0, 0.1) is 12.3 Å². The van der Waals surface area contributed by atoms with Gasteiger partial charge in [0, 0.05) is 6.04 Å². The lowest BCUT2D eigenvalue weighted by Crippen LogP contribution is -1.89. The molecule has 0 radical (unpaired) electrons. The summed E-state index contributed by atoms with van der Waals surface area (Å²) in [6.07, 6.45) is 4.93. The molecular formula is C4H7ClSi. The van der Waals surface area contributed by atoms with Gasteiger partial charge in [0.1, 0.15) is 8.11 Å². The molecule has 0 heterocycles. The fraction of sp³-hybridized carbons (Fsp3) is 0.500. The predicted octanol–water partition coefficient (Wildman–Crippen LogP) is 1.21. The summed E-state index contributed by atoms with van der Waals surface area (Å²) in [6.45, 7) is 2.02. The number of hydrogen-bond acceptors (Lipinski definition) is 0. The molecular weight excluding hydrogens is 112 g/mol. The molecule has 0 bridgehead atoms. The van der Waals surface area contributed by atoms with Crippen LogP contribution >= 0.6 is 11.1 Å². The lowest BCUT2D eigenvalue weighted by molar-refractivity contribution is 1.79. The molecule has 0 N–H and O–H groups in total. The largest absolute Gasteiger partial charge is 0.171 e. The van der Waals surface area contributed by atoms with Crippen LogP contribution in [0.15, 0.2) is 0 Å². The van der Waals surface area contributed by atoms with Gasteiger partial charge in [-0.05, 0) is 0 Å². The molecule has 0 saturated heterocycles. The summed E-state index contributed by atoms with van der Waals surface area (Å²) in [5.41, 5.74) is 0. The maximum Gasteiger partial charge on any atom is 0.149 e. The fourth-order valence-corrected chi connectivity index (χ4v) is 0.754. The monoisotopic (exact) mass is 118 g/mol. The second-order valence-electron chi connectivity index (χ2n) is 1.19. The Kier molecular flexibility index (Phi) is 3.30. The number of halogens is 1. The van der Waals surface area contributed by atoms with E-state index in [0.717, 1.165) is 6.04 Å². The van der Waals surface area contributed by atoms with E-state index in [-0.39, 0.29) is 0 Å². The summed E-state index contributed by atoms with van der Waals surface area (Å²) in [6, 6.07) is 0.807. The predicted molar refractivity (Wildman–Crippen MR) is 32.5 cm³/mol. The van der Waals surface area contributed by atoms with E-state index >= 15 is 0 Å². The molecule has 6 heavy (non-hydrogen) atoms. The maximum atomic E-state index is 5.57. The van der Waals surface area contributed by atoms with E-state index in [1.54, 1.807) is 0 Å². The normalized spacial score (nSPS) is 12.8. The first kappa shape index (κ1) is 6.07. The molecule has 0 amide bonds. The van der Waals surface area contributed by atoms with Crippen LogP contribution in [0.1, 0.15) is 0 Å². The third kappa shape index (κ3) is 4.07. The van der Waals surface area contributed by atoms with Crippen LogP contribution in [0.25, 0.3) is 0 Å². The first-order valence-corrected chi connectivity index (χ1v) is 5.56. The zero-order valence-corrected chi connectivity index (χ0v) is 5.65. The Balaban J connectivity index is 2.88. The van der Waals surface area contributed by atoms with E-state index in [4.69, 9.17) is 17.5 Å². The molecule has 34 valence electrons. The van der Waals surface area contributed by atoms with Crippen molar-refractivity contribution in [3.05, 3.63) is 0 Å². The van der Waals surface area contributed by atoms with Gasteiger partial charge in [0.15, 0.2) is 0 Å². The SMILES string of the molecule is C#CC[SiH](C)Cl. The Labute approximate surface area is 44.8 Å². The van der Waals surface area contributed by atoms with Gasteiger partial charge in [0.25, 0.3) is 0 Å². The Hall–Kier alpha value is 0.0669. The Morgan fingerprint density at radius 3 is 2.50 bits per heavy atom. The minimum absolute atomic E-state index is 0.807. The van der Waals surface area contributed by atoms with E-state index < -0.39 is 8.11 Å². The molecule has 0 aromatic rings. The Bertz CT molecular complexity index is 62.4. The van der Waals surface area contributed by atoms with Gasteiger partial charge in [-0.1, -0.05) is 6.55 Å². The van der Waals surface area contributed by atoms with Gasteiger partial charge in [-0.3, -0.25) is 0 Å². The summed E-state index contributed by atoms with van der Waals surface area (Å²) in [5.74, 6) is 2.50. The summed E-state index contributed by atoms with van der Waals surface area (Å²) in [4.78, 5) is 0. The summed E-state index contributed by atoms with van der Waals surface area (Å²) in [5, 5.41) is 0. The molecule has 0 aliphatic heterocycles. The fourth-order valence-electron chi connectivity index (χ4n) is 0.162. The Morgan fingerprint density at radius 1 is 2.00 bits per heavy atom. The van der Waals surface area contributed by atoms with Crippen LogP contribution in [0.5, 0.6) is 0 Å². The zero-order chi connectivity index (χ0) is 4.99. The highest BCUT2D eigenvalue weighted by Crippen LogP contribution is 1.92. The van der Waals surface area contributed by atoms with Gasteiger partial charge in [-0.15, -0.1) is 12.3 Å². The zero-order valence-electron chi connectivity index (χ0n) is 3.74. The number of rotatable bonds is 1. The molecule has 0 aliphatic rings. The van der Waals surface area contributed by atoms with Crippen LogP contribution in [-0.2, 0) is 0 Å². The lowest BCUT2D eigenvalue weighted by atomic mass is 10.8.